The predicted octanol–water partition coefficient (Wildman–Crippen LogP) is 2.83. The van der Waals surface area contributed by atoms with E-state index in [1.807, 2.05) is 36.2 Å². The van der Waals surface area contributed by atoms with Crippen LogP contribution in [0.2, 0.25) is 0 Å². The first-order valence-corrected chi connectivity index (χ1v) is 8.39. The third-order valence-electron chi connectivity index (χ3n) is 3.22. The SMILES string of the molecule is CCSC(C(=O)Nc1ccc(N(C)CCO)cc1)C(C)C. The van der Waals surface area contributed by atoms with Crippen LogP contribution in [0.25, 0.3) is 0 Å². The van der Waals surface area contributed by atoms with Crippen molar-refractivity contribution in [3.63, 3.8) is 0 Å². The lowest BCUT2D eigenvalue weighted by molar-refractivity contribution is -0.116. The third-order valence-corrected chi connectivity index (χ3v) is 4.67. The van der Waals surface area contributed by atoms with Crippen LogP contribution in [-0.2, 0) is 4.79 Å². The van der Waals surface area contributed by atoms with Gasteiger partial charge in [-0.25, -0.2) is 0 Å². The number of amides is 1. The van der Waals surface area contributed by atoms with E-state index in [-0.39, 0.29) is 17.8 Å². The number of benzene rings is 1. The molecule has 1 amide bonds. The predicted molar refractivity (Wildman–Crippen MR) is 92.2 cm³/mol. The van der Waals surface area contributed by atoms with E-state index in [1.165, 1.54) is 0 Å². The Morgan fingerprint density at radius 3 is 2.43 bits per heavy atom. The van der Waals surface area contributed by atoms with Gasteiger partial charge in [0.25, 0.3) is 0 Å². The number of aliphatic hydroxyl groups is 1. The molecule has 1 aromatic rings. The molecule has 1 unspecified atom stereocenters. The zero-order valence-electron chi connectivity index (χ0n) is 13.3. The maximum atomic E-state index is 12.3. The van der Waals surface area contributed by atoms with Gasteiger partial charge in [0.1, 0.15) is 0 Å². The van der Waals surface area contributed by atoms with Gasteiger partial charge >= 0.3 is 0 Å². The summed E-state index contributed by atoms with van der Waals surface area (Å²) in [6.07, 6.45) is 0. The number of carbonyl (C=O) groups is 1. The summed E-state index contributed by atoms with van der Waals surface area (Å²) in [5, 5.41) is 11.9. The summed E-state index contributed by atoms with van der Waals surface area (Å²) in [7, 11) is 1.93. The molecule has 1 aromatic carbocycles. The van der Waals surface area contributed by atoms with Crippen LogP contribution >= 0.6 is 11.8 Å². The first kappa shape index (κ1) is 17.9. The zero-order chi connectivity index (χ0) is 15.8. The first-order chi connectivity index (χ1) is 9.99. The largest absolute Gasteiger partial charge is 0.395 e. The quantitative estimate of drug-likeness (QED) is 0.775. The fourth-order valence-electron chi connectivity index (χ4n) is 2.04. The highest BCUT2D eigenvalue weighted by Gasteiger charge is 2.21. The van der Waals surface area contributed by atoms with E-state index in [9.17, 15) is 4.79 Å². The van der Waals surface area contributed by atoms with Crippen molar-refractivity contribution >= 4 is 29.0 Å². The van der Waals surface area contributed by atoms with E-state index in [4.69, 9.17) is 5.11 Å². The molecule has 0 fully saturated rings. The van der Waals surface area contributed by atoms with Crippen molar-refractivity contribution in [3.05, 3.63) is 24.3 Å². The van der Waals surface area contributed by atoms with Gasteiger partial charge in [-0.1, -0.05) is 20.8 Å². The first-order valence-electron chi connectivity index (χ1n) is 7.34. The molecule has 21 heavy (non-hydrogen) atoms. The topological polar surface area (TPSA) is 52.6 Å². The number of aliphatic hydroxyl groups excluding tert-OH is 1. The number of thioether (sulfide) groups is 1. The molecule has 0 aliphatic rings. The van der Waals surface area contributed by atoms with E-state index < -0.39 is 0 Å². The molecule has 0 saturated carbocycles. The summed E-state index contributed by atoms with van der Waals surface area (Å²) in [5.41, 5.74) is 1.83. The van der Waals surface area contributed by atoms with E-state index in [0.717, 1.165) is 17.1 Å². The zero-order valence-corrected chi connectivity index (χ0v) is 14.1. The van der Waals surface area contributed by atoms with Crippen LogP contribution in [0.1, 0.15) is 20.8 Å². The fourth-order valence-corrected chi connectivity index (χ4v) is 3.00. The van der Waals surface area contributed by atoms with E-state index >= 15 is 0 Å². The van der Waals surface area contributed by atoms with Gasteiger partial charge in [-0.15, -0.1) is 11.8 Å². The van der Waals surface area contributed by atoms with Crippen LogP contribution < -0.4 is 10.2 Å². The van der Waals surface area contributed by atoms with Crippen molar-refractivity contribution < 1.29 is 9.90 Å². The molecule has 118 valence electrons. The van der Waals surface area contributed by atoms with Gasteiger partial charge in [-0.05, 0) is 35.9 Å². The highest BCUT2D eigenvalue weighted by atomic mass is 32.2. The Hall–Kier alpha value is -1.20. The summed E-state index contributed by atoms with van der Waals surface area (Å²) >= 11 is 1.68. The molecule has 0 heterocycles. The van der Waals surface area contributed by atoms with Gasteiger partial charge in [0, 0.05) is 25.0 Å². The highest BCUT2D eigenvalue weighted by molar-refractivity contribution is 8.00. The fraction of sp³-hybridized carbons (Fsp3) is 0.562. The number of nitrogens with one attached hydrogen (secondary N) is 1. The second-order valence-corrected chi connectivity index (χ2v) is 6.72. The summed E-state index contributed by atoms with van der Waals surface area (Å²) in [6.45, 7) is 6.92. The molecule has 5 heteroatoms. The minimum atomic E-state index is -0.0215. The Morgan fingerprint density at radius 2 is 1.95 bits per heavy atom. The molecule has 0 radical (unpaired) electrons. The third kappa shape index (κ3) is 5.59. The van der Waals surface area contributed by atoms with Crippen LogP contribution in [0.4, 0.5) is 11.4 Å². The molecule has 0 spiro atoms. The van der Waals surface area contributed by atoms with Crippen molar-refractivity contribution in [3.8, 4) is 0 Å². The van der Waals surface area contributed by atoms with Crippen LogP contribution in [0.15, 0.2) is 24.3 Å². The lowest BCUT2D eigenvalue weighted by Crippen LogP contribution is -2.29. The second-order valence-electron chi connectivity index (χ2n) is 5.30. The van der Waals surface area contributed by atoms with Gasteiger partial charge in [-0.3, -0.25) is 4.79 Å². The smallest absolute Gasteiger partial charge is 0.237 e. The van der Waals surface area contributed by atoms with Crippen molar-refractivity contribution in [2.24, 2.45) is 5.92 Å². The van der Waals surface area contributed by atoms with E-state index in [2.05, 4.69) is 26.1 Å². The Bertz CT molecular complexity index is 434. The molecule has 1 atom stereocenters. The number of nitrogens with zero attached hydrogens (tertiary/aromatic N) is 1. The van der Waals surface area contributed by atoms with Gasteiger partial charge in [0.2, 0.25) is 5.91 Å². The van der Waals surface area contributed by atoms with E-state index in [1.54, 1.807) is 11.8 Å². The van der Waals surface area contributed by atoms with Crippen LogP contribution in [0.5, 0.6) is 0 Å². The number of likely N-dealkylation sites (N-methyl/N-ethyl adjacent to an activating group) is 1. The molecule has 2 N–H and O–H groups in total. The Kier molecular flexibility index (Phi) is 7.61. The molecular formula is C16H26N2O2S. The highest BCUT2D eigenvalue weighted by Crippen LogP contribution is 2.22. The molecule has 0 bridgehead atoms. The van der Waals surface area contributed by atoms with Gasteiger partial charge in [-0.2, -0.15) is 0 Å². The average molecular weight is 310 g/mol. The maximum Gasteiger partial charge on any atom is 0.237 e. The monoisotopic (exact) mass is 310 g/mol. The van der Waals surface area contributed by atoms with E-state index in [0.29, 0.717) is 12.5 Å². The molecule has 4 nitrogen and oxygen atoms in total. The molecule has 0 aliphatic carbocycles. The van der Waals surface area contributed by atoms with Gasteiger partial charge in [0.05, 0.1) is 11.9 Å². The number of hydrogen-bond acceptors (Lipinski definition) is 4. The Morgan fingerprint density at radius 1 is 1.33 bits per heavy atom. The van der Waals surface area contributed by atoms with Crippen LogP contribution in [-0.4, -0.2) is 42.2 Å². The van der Waals surface area contributed by atoms with Crippen molar-refractivity contribution in [2.75, 3.05) is 36.2 Å². The Balaban J connectivity index is 2.68. The minimum absolute atomic E-state index is 0.0215. The van der Waals surface area contributed by atoms with Crippen LogP contribution in [0, 0.1) is 5.92 Å². The van der Waals surface area contributed by atoms with Gasteiger partial charge < -0.3 is 15.3 Å². The standard InChI is InChI=1S/C16H26N2O2S/c1-5-21-15(12(2)3)16(20)17-13-6-8-14(9-7-13)18(4)10-11-19/h6-9,12,15,19H,5,10-11H2,1-4H3,(H,17,20). The summed E-state index contributed by atoms with van der Waals surface area (Å²) in [5.74, 6) is 1.31. The van der Waals surface area contributed by atoms with Gasteiger partial charge in [0.15, 0.2) is 0 Å². The number of hydrogen-bond donors (Lipinski definition) is 2. The number of anilines is 2. The lowest BCUT2D eigenvalue weighted by Gasteiger charge is -2.20. The molecule has 0 aliphatic heterocycles. The molecular weight excluding hydrogens is 284 g/mol. The molecule has 0 saturated heterocycles. The van der Waals surface area contributed by atoms with Crippen LogP contribution in [0.3, 0.4) is 0 Å². The summed E-state index contributed by atoms with van der Waals surface area (Å²) < 4.78 is 0. The summed E-state index contributed by atoms with van der Waals surface area (Å²) in [6, 6.07) is 7.69. The number of rotatable bonds is 8. The van der Waals surface area contributed by atoms with Crippen molar-refractivity contribution in [1.82, 2.24) is 0 Å². The average Bonchev–Trinajstić information content (AvgIpc) is 2.45. The Labute approximate surface area is 131 Å². The minimum Gasteiger partial charge on any atom is -0.395 e. The normalized spacial score (nSPS) is 12.3. The molecule has 1 rings (SSSR count). The second kappa shape index (κ2) is 8.95. The van der Waals surface area contributed by atoms with Crippen molar-refractivity contribution in [1.29, 1.82) is 0 Å². The lowest BCUT2D eigenvalue weighted by atomic mass is 10.1. The number of carbonyl (C=O) groups excluding carboxylic acids is 1. The maximum absolute atomic E-state index is 12.3. The van der Waals surface area contributed by atoms with Crippen molar-refractivity contribution in [2.45, 2.75) is 26.0 Å². The molecule has 0 aromatic heterocycles. The summed E-state index contributed by atoms with van der Waals surface area (Å²) in [4.78, 5) is 14.3.